The summed E-state index contributed by atoms with van der Waals surface area (Å²) in [7, 11) is -1.83. The highest BCUT2D eigenvalue weighted by atomic mass is 28.3. The van der Waals surface area contributed by atoms with Gasteiger partial charge >= 0.3 is 5.97 Å². The van der Waals surface area contributed by atoms with Crippen molar-refractivity contribution in [1.82, 2.24) is 0 Å². The molecule has 0 aromatic carbocycles. The monoisotopic (exact) mass is 220 g/mol. The van der Waals surface area contributed by atoms with Crippen LogP contribution in [-0.4, -0.2) is 42.2 Å². The molecule has 2 N–H and O–H groups in total. The molecule has 0 bridgehead atoms. The lowest BCUT2D eigenvalue weighted by molar-refractivity contribution is -0.150. The Balaban J connectivity index is 4.64. The highest BCUT2D eigenvalue weighted by Gasteiger charge is 2.37. The van der Waals surface area contributed by atoms with Crippen molar-refractivity contribution in [3.8, 4) is 0 Å². The first-order valence-corrected chi connectivity index (χ1v) is 8.27. The van der Waals surface area contributed by atoms with E-state index in [1.807, 2.05) is 19.6 Å². The van der Waals surface area contributed by atoms with Crippen LogP contribution in [0.3, 0.4) is 0 Å². The van der Waals surface area contributed by atoms with Crippen LogP contribution >= 0.6 is 0 Å². The molecular formula is C9H20O4Si. The van der Waals surface area contributed by atoms with Crippen molar-refractivity contribution in [2.24, 2.45) is 0 Å². The minimum absolute atomic E-state index is 0.419. The first-order valence-electron chi connectivity index (χ1n) is 4.69. The Bertz CT molecular complexity index is 197. The van der Waals surface area contributed by atoms with Crippen LogP contribution in [-0.2, 0) is 9.53 Å². The molecule has 0 aliphatic heterocycles. The van der Waals surface area contributed by atoms with Crippen molar-refractivity contribution in [2.45, 2.75) is 51.4 Å². The van der Waals surface area contributed by atoms with E-state index in [1.165, 1.54) is 13.8 Å². The fourth-order valence-corrected chi connectivity index (χ4v) is 3.01. The van der Waals surface area contributed by atoms with E-state index in [4.69, 9.17) is 4.74 Å². The molecule has 14 heavy (non-hydrogen) atoms. The topological polar surface area (TPSA) is 66.8 Å². The summed E-state index contributed by atoms with van der Waals surface area (Å²) in [5, 5.41) is 18.9. The maximum atomic E-state index is 10.8. The summed E-state index contributed by atoms with van der Waals surface area (Å²) < 4.78 is 5.05. The molecule has 5 heteroatoms. The van der Waals surface area contributed by atoms with Gasteiger partial charge in [-0.3, -0.25) is 4.79 Å². The van der Waals surface area contributed by atoms with Gasteiger partial charge in [0.2, 0.25) is 0 Å². The van der Waals surface area contributed by atoms with E-state index in [0.29, 0.717) is 0 Å². The average Bonchev–Trinajstić information content (AvgIpc) is 1.96. The van der Waals surface area contributed by atoms with Gasteiger partial charge in [0, 0.05) is 6.92 Å². The van der Waals surface area contributed by atoms with Gasteiger partial charge in [-0.2, -0.15) is 0 Å². The number of hydrogen-bond donors (Lipinski definition) is 2. The molecule has 3 atom stereocenters. The summed E-state index contributed by atoms with van der Waals surface area (Å²) in [6.45, 7) is 8.73. The second kappa shape index (κ2) is 4.91. The Morgan fingerprint density at radius 2 is 1.71 bits per heavy atom. The highest BCUT2D eigenvalue weighted by Crippen LogP contribution is 2.17. The minimum atomic E-state index is -1.83. The van der Waals surface area contributed by atoms with E-state index < -0.39 is 32.0 Å². The number of rotatable bonds is 4. The molecule has 0 fully saturated rings. The van der Waals surface area contributed by atoms with Gasteiger partial charge in [-0.05, 0) is 6.92 Å². The first kappa shape index (κ1) is 13.6. The Kier molecular flexibility index (Phi) is 4.77. The zero-order valence-corrected chi connectivity index (χ0v) is 10.4. The van der Waals surface area contributed by atoms with E-state index >= 15 is 0 Å². The minimum Gasteiger partial charge on any atom is -0.464 e. The third-order valence-corrected chi connectivity index (χ3v) is 4.12. The fourth-order valence-electron chi connectivity index (χ4n) is 1.19. The number of carbonyl (C=O) groups is 1. The van der Waals surface area contributed by atoms with Crippen LogP contribution in [0.25, 0.3) is 0 Å². The Morgan fingerprint density at radius 3 is 1.93 bits per heavy atom. The third-order valence-electron chi connectivity index (χ3n) is 1.95. The molecule has 0 radical (unpaired) electrons. The standard InChI is InChI=1S/C9H20O4Si/c1-6(10)8(12)9(13-7(2)11)14(3,4)5/h6,8-10,12H,1-5H3/t6-,8+,9-/m1/s1. The normalized spacial score (nSPS) is 18.5. The van der Waals surface area contributed by atoms with Crippen molar-refractivity contribution in [2.75, 3.05) is 0 Å². The van der Waals surface area contributed by atoms with Gasteiger partial charge in [0.05, 0.1) is 14.2 Å². The summed E-state index contributed by atoms with van der Waals surface area (Å²) in [6, 6.07) is 0. The van der Waals surface area contributed by atoms with Crippen molar-refractivity contribution in [1.29, 1.82) is 0 Å². The maximum Gasteiger partial charge on any atom is 0.302 e. The van der Waals surface area contributed by atoms with E-state index in [-0.39, 0.29) is 0 Å². The smallest absolute Gasteiger partial charge is 0.302 e. The lowest BCUT2D eigenvalue weighted by Crippen LogP contribution is -2.52. The number of aliphatic hydroxyl groups excluding tert-OH is 2. The van der Waals surface area contributed by atoms with Crippen molar-refractivity contribution < 1.29 is 19.7 Å². The number of esters is 1. The van der Waals surface area contributed by atoms with Gasteiger partial charge in [-0.1, -0.05) is 19.6 Å². The van der Waals surface area contributed by atoms with Crippen LogP contribution in [0.5, 0.6) is 0 Å². The molecule has 0 saturated heterocycles. The average molecular weight is 220 g/mol. The van der Waals surface area contributed by atoms with Crippen LogP contribution in [0, 0.1) is 0 Å². The molecule has 0 spiro atoms. The number of ether oxygens (including phenoxy) is 1. The molecule has 4 nitrogen and oxygen atoms in total. The first-order chi connectivity index (χ1) is 6.16. The van der Waals surface area contributed by atoms with Crippen molar-refractivity contribution in [3.05, 3.63) is 0 Å². The van der Waals surface area contributed by atoms with Crippen LogP contribution in [0.4, 0.5) is 0 Å². The van der Waals surface area contributed by atoms with Gasteiger partial charge < -0.3 is 14.9 Å². The number of hydrogen-bond acceptors (Lipinski definition) is 4. The lowest BCUT2D eigenvalue weighted by Gasteiger charge is -2.33. The molecule has 84 valence electrons. The molecule has 0 aliphatic rings. The molecule has 0 rings (SSSR count). The van der Waals surface area contributed by atoms with Crippen LogP contribution in [0.2, 0.25) is 19.6 Å². The van der Waals surface area contributed by atoms with Gasteiger partial charge in [-0.15, -0.1) is 0 Å². The predicted octanol–water partition coefficient (Wildman–Crippen LogP) is 0.537. The van der Waals surface area contributed by atoms with Crippen LogP contribution in [0.1, 0.15) is 13.8 Å². The zero-order chi connectivity index (χ0) is 11.5. The Morgan fingerprint density at radius 1 is 1.29 bits per heavy atom. The summed E-state index contributed by atoms with van der Waals surface area (Å²) in [5.74, 6) is -0.419. The second-order valence-corrected chi connectivity index (χ2v) is 9.93. The Labute approximate surface area is 85.9 Å². The SMILES string of the molecule is CC(=O)O[C@@H]([C@@H](O)[C@@H](C)O)[Si](C)(C)C. The van der Waals surface area contributed by atoms with Gasteiger partial charge in [0.25, 0.3) is 0 Å². The van der Waals surface area contributed by atoms with Gasteiger partial charge in [0.15, 0.2) is 0 Å². The largest absolute Gasteiger partial charge is 0.464 e. The molecule has 0 aromatic heterocycles. The maximum absolute atomic E-state index is 10.8. The molecule has 0 aliphatic carbocycles. The third kappa shape index (κ3) is 4.21. The van der Waals surface area contributed by atoms with Crippen LogP contribution in [0.15, 0.2) is 0 Å². The van der Waals surface area contributed by atoms with Crippen molar-refractivity contribution in [3.63, 3.8) is 0 Å². The molecule has 0 unspecified atom stereocenters. The molecule has 0 heterocycles. The molecule has 0 saturated carbocycles. The quantitative estimate of drug-likeness (QED) is 0.536. The number of aliphatic hydroxyl groups is 2. The summed E-state index contributed by atoms with van der Waals surface area (Å²) in [5.41, 5.74) is -0.556. The summed E-state index contributed by atoms with van der Waals surface area (Å²) in [6.07, 6.45) is -1.88. The lowest BCUT2D eigenvalue weighted by atomic mass is 10.2. The van der Waals surface area contributed by atoms with E-state index in [1.54, 1.807) is 0 Å². The molecule has 0 amide bonds. The second-order valence-electron chi connectivity index (χ2n) is 4.63. The number of carbonyl (C=O) groups excluding carboxylic acids is 1. The van der Waals surface area contributed by atoms with Crippen LogP contribution < -0.4 is 0 Å². The summed E-state index contributed by atoms with van der Waals surface area (Å²) in [4.78, 5) is 10.8. The van der Waals surface area contributed by atoms with E-state index in [2.05, 4.69) is 0 Å². The zero-order valence-electron chi connectivity index (χ0n) is 9.44. The fraction of sp³-hybridized carbons (Fsp3) is 0.889. The highest BCUT2D eigenvalue weighted by molar-refractivity contribution is 6.77. The van der Waals surface area contributed by atoms with Gasteiger partial charge in [0.1, 0.15) is 11.8 Å². The van der Waals surface area contributed by atoms with Crippen molar-refractivity contribution >= 4 is 14.0 Å². The molecular weight excluding hydrogens is 200 g/mol. The van der Waals surface area contributed by atoms with E-state index in [0.717, 1.165) is 0 Å². The van der Waals surface area contributed by atoms with E-state index in [9.17, 15) is 15.0 Å². The van der Waals surface area contributed by atoms with Gasteiger partial charge in [-0.25, -0.2) is 0 Å². The molecule has 0 aromatic rings. The summed E-state index contributed by atoms with van der Waals surface area (Å²) >= 11 is 0. The predicted molar refractivity (Wildman–Crippen MR) is 56.6 cm³/mol. The Hall–Kier alpha value is -0.393.